The molecule has 1 atom stereocenters. The number of aryl methyl sites for hydroxylation is 1. The van der Waals surface area contributed by atoms with Gasteiger partial charge in [0.15, 0.2) is 0 Å². The number of nitrogens with zero attached hydrogens (tertiary/aromatic N) is 5. The molecule has 1 unspecified atom stereocenters. The maximum Gasteiger partial charge on any atom is 0.306 e. The summed E-state index contributed by atoms with van der Waals surface area (Å²) in [6.07, 6.45) is 0.949. The Morgan fingerprint density at radius 2 is 1.86 bits per heavy atom. The molecule has 0 spiro atoms. The zero-order valence-corrected chi connectivity index (χ0v) is 22.3. The fraction of sp³-hybridized carbons (Fsp3) is 0.593. The average Bonchev–Trinajstić information content (AvgIpc) is 3.21. The number of halogens is 1. The number of carbonyl (C=O) groups is 2. The highest BCUT2D eigenvalue weighted by molar-refractivity contribution is 5.81. The molecule has 2 heterocycles. The maximum atomic E-state index is 14.2. The van der Waals surface area contributed by atoms with Crippen LogP contribution in [0.4, 0.5) is 10.2 Å². The molecule has 0 N–H and O–H groups in total. The molecule has 36 heavy (non-hydrogen) atoms. The number of ether oxygens (including phenoxy) is 1. The smallest absolute Gasteiger partial charge is 0.306 e. The average molecular weight is 502 g/mol. The Labute approximate surface area is 214 Å². The minimum absolute atomic E-state index is 0.0126. The lowest BCUT2D eigenvalue weighted by Crippen LogP contribution is -2.47. The molecule has 198 valence electrons. The standard InChI is InChI=1S/C27H40FN5O3/c1-6-20(4)32(25(34)12-13-26(35)36-8-3)19-24-21(5)29-33(23-11-9-10-22(28)18-23)27(24)31-16-14-30(7-2)15-17-31/h9-11,18,20H,6-8,12-17,19H2,1-5H3. The van der Waals surface area contributed by atoms with E-state index in [9.17, 15) is 14.0 Å². The number of hydrogen-bond acceptors (Lipinski definition) is 6. The van der Waals surface area contributed by atoms with Crippen LogP contribution < -0.4 is 4.90 Å². The summed E-state index contributed by atoms with van der Waals surface area (Å²) in [5, 5.41) is 4.82. The lowest BCUT2D eigenvalue weighted by molar-refractivity contribution is -0.146. The van der Waals surface area contributed by atoms with Crippen LogP contribution in [0.2, 0.25) is 0 Å². The number of likely N-dealkylation sites (N-methyl/N-ethyl adjacent to an activating group) is 1. The van der Waals surface area contributed by atoms with Gasteiger partial charge in [-0.2, -0.15) is 5.10 Å². The summed E-state index contributed by atoms with van der Waals surface area (Å²) >= 11 is 0. The quantitative estimate of drug-likeness (QED) is 0.435. The highest BCUT2D eigenvalue weighted by atomic mass is 19.1. The van der Waals surface area contributed by atoms with Gasteiger partial charge < -0.3 is 19.4 Å². The van der Waals surface area contributed by atoms with Crippen molar-refractivity contribution in [2.75, 3.05) is 44.2 Å². The normalized spacial score (nSPS) is 15.1. The van der Waals surface area contributed by atoms with Gasteiger partial charge in [0.25, 0.3) is 0 Å². The topological polar surface area (TPSA) is 70.9 Å². The predicted octanol–water partition coefficient (Wildman–Crippen LogP) is 3.93. The van der Waals surface area contributed by atoms with Gasteiger partial charge in [-0.3, -0.25) is 9.59 Å². The molecule has 1 aliphatic heterocycles. The van der Waals surface area contributed by atoms with Gasteiger partial charge in [-0.1, -0.05) is 19.9 Å². The predicted molar refractivity (Wildman–Crippen MR) is 139 cm³/mol. The molecule has 1 saturated heterocycles. The first kappa shape index (κ1) is 27.6. The molecule has 0 radical (unpaired) electrons. The zero-order chi connectivity index (χ0) is 26.2. The Hall–Kier alpha value is -2.94. The van der Waals surface area contributed by atoms with Crippen LogP contribution in [0, 0.1) is 12.7 Å². The number of amides is 1. The monoisotopic (exact) mass is 501 g/mol. The van der Waals surface area contributed by atoms with Crippen molar-refractivity contribution in [1.29, 1.82) is 0 Å². The van der Waals surface area contributed by atoms with Crippen molar-refractivity contribution < 1.29 is 18.7 Å². The van der Waals surface area contributed by atoms with E-state index in [-0.39, 0.29) is 36.6 Å². The summed E-state index contributed by atoms with van der Waals surface area (Å²) in [4.78, 5) is 31.7. The fourth-order valence-electron chi connectivity index (χ4n) is 4.59. The maximum absolute atomic E-state index is 14.2. The van der Waals surface area contributed by atoms with Crippen LogP contribution in [0.3, 0.4) is 0 Å². The minimum atomic E-state index is -0.362. The van der Waals surface area contributed by atoms with Gasteiger partial charge in [-0.15, -0.1) is 0 Å². The second kappa shape index (κ2) is 12.9. The number of anilines is 1. The first-order chi connectivity index (χ1) is 17.3. The summed E-state index contributed by atoms with van der Waals surface area (Å²) in [7, 11) is 0. The molecule has 1 aromatic carbocycles. The zero-order valence-electron chi connectivity index (χ0n) is 22.3. The van der Waals surface area contributed by atoms with Crippen molar-refractivity contribution in [3.8, 4) is 5.69 Å². The minimum Gasteiger partial charge on any atom is -0.466 e. The number of esters is 1. The molecule has 0 bridgehead atoms. The second-order valence-corrected chi connectivity index (χ2v) is 9.28. The van der Waals surface area contributed by atoms with Crippen LogP contribution in [-0.4, -0.2) is 76.8 Å². The molecule has 1 aliphatic rings. The van der Waals surface area contributed by atoms with E-state index in [0.29, 0.717) is 18.8 Å². The summed E-state index contributed by atoms with van der Waals surface area (Å²) in [6, 6.07) is 6.43. The van der Waals surface area contributed by atoms with E-state index >= 15 is 0 Å². The number of carbonyl (C=O) groups excluding carboxylic acids is 2. The van der Waals surface area contributed by atoms with E-state index < -0.39 is 0 Å². The molecule has 1 amide bonds. The van der Waals surface area contributed by atoms with Gasteiger partial charge in [0.2, 0.25) is 5.91 Å². The van der Waals surface area contributed by atoms with Gasteiger partial charge in [-0.25, -0.2) is 9.07 Å². The number of piperazine rings is 1. The summed E-state index contributed by atoms with van der Waals surface area (Å²) < 4.78 is 21.0. The highest BCUT2D eigenvalue weighted by Gasteiger charge is 2.29. The SMILES string of the molecule is CCOC(=O)CCC(=O)N(Cc1c(C)nn(-c2cccc(F)c2)c1N1CCN(CC)CC1)C(C)CC. The van der Waals surface area contributed by atoms with Crippen LogP contribution in [0.5, 0.6) is 0 Å². The Kier molecular flexibility index (Phi) is 9.87. The summed E-state index contributed by atoms with van der Waals surface area (Å²) in [6.45, 7) is 15.1. The molecular formula is C27H40FN5O3. The van der Waals surface area contributed by atoms with Crippen molar-refractivity contribution in [3.05, 3.63) is 41.3 Å². The van der Waals surface area contributed by atoms with Crippen molar-refractivity contribution in [1.82, 2.24) is 19.6 Å². The Bertz CT molecular complexity index is 1030. The Morgan fingerprint density at radius 1 is 1.14 bits per heavy atom. The third-order valence-electron chi connectivity index (χ3n) is 6.95. The molecule has 8 nitrogen and oxygen atoms in total. The van der Waals surface area contributed by atoms with E-state index in [1.807, 2.05) is 36.4 Å². The molecule has 0 saturated carbocycles. The number of aromatic nitrogens is 2. The van der Waals surface area contributed by atoms with Gasteiger partial charge in [0.05, 0.1) is 31.0 Å². The summed E-state index contributed by atoms with van der Waals surface area (Å²) in [5.41, 5.74) is 2.41. The molecule has 2 aromatic rings. The third-order valence-corrected chi connectivity index (χ3v) is 6.95. The van der Waals surface area contributed by atoms with Crippen molar-refractivity contribution in [3.63, 3.8) is 0 Å². The summed E-state index contributed by atoms with van der Waals surface area (Å²) in [5.74, 6) is 0.135. The molecule has 3 rings (SSSR count). The van der Waals surface area contributed by atoms with Gasteiger partial charge >= 0.3 is 5.97 Å². The van der Waals surface area contributed by atoms with Gasteiger partial charge in [-0.05, 0) is 51.9 Å². The molecule has 9 heteroatoms. The van der Waals surface area contributed by atoms with Crippen LogP contribution in [-0.2, 0) is 20.9 Å². The second-order valence-electron chi connectivity index (χ2n) is 9.28. The lowest BCUT2D eigenvalue weighted by Gasteiger charge is -2.37. The van der Waals surface area contributed by atoms with Crippen LogP contribution in [0.15, 0.2) is 24.3 Å². The Morgan fingerprint density at radius 3 is 2.47 bits per heavy atom. The van der Waals surface area contributed by atoms with Crippen molar-refractivity contribution in [2.45, 2.75) is 66.5 Å². The van der Waals surface area contributed by atoms with E-state index in [2.05, 4.69) is 16.7 Å². The lowest BCUT2D eigenvalue weighted by atomic mass is 10.1. The van der Waals surface area contributed by atoms with Crippen LogP contribution in [0.25, 0.3) is 5.69 Å². The van der Waals surface area contributed by atoms with E-state index in [1.54, 1.807) is 13.0 Å². The van der Waals surface area contributed by atoms with Crippen molar-refractivity contribution >= 4 is 17.7 Å². The fourth-order valence-corrected chi connectivity index (χ4v) is 4.59. The van der Waals surface area contributed by atoms with Gasteiger partial charge in [0.1, 0.15) is 11.6 Å². The molecule has 1 fully saturated rings. The van der Waals surface area contributed by atoms with Crippen LogP contribution >= 0.6 is 0 Å². The van der Waals surface area contributed by atoms with Crippen LogP contribution in [0.1, 0.15) is 58.2 Å². The third kappa shape index (κ3) is 6.63. The number of hydrogen-bond donors (Lipinski definition) is 0. The van der Waals surface area contributed by atoms with Crippen molar-refractivity contribution in [2.24, 2.45) is 0 Å². The van der Waals surface area contributed by atoms with E-state index in [1.165, 1.54) is 12.1 Å². The van der Waals surface area contributed by atoms with E-state index in [4.69, 9.17) is 9.84 Å². The first-order valence-corrected chi connectivity index (χ1v) is 13.1. The molecular weight excluding hydrogens is 461 g/mol. The highest BCUT2D eigenvalue weighted by Crippen LogP contribution is 2.31. The number of benzene rings is 1. The van der Waals surface area contributed by atoms with Gasteiger partial charge in [0, 0.05) is 44.2 Å². The molecule has 0 aliphatic carbocycles. The Balaban J connectivity index is 1.97. The number of rotatable bonds is 11. The van der Waals surface area contributed by atoms with E-state index in [0.717, 1.165) is 56.2 Å². The molecule has 1 aromatic heterocycles. The largest absolute Gasteiger partial charge is 0.466 e. The first-order valence-electron chi connectivity index (χ1n) is 13.1.